The van der Waals surface area contributed by atoms with Crippen LogP contribution in [0.5, 0.6) is 0 Å². The fraction of sp³-hybridized carbons (Fsp3) is 0.375. The minimum absolute atomic E-state index is 0.00866. The maximum Gasteiger partial charge on any atom is 0.243 e. The summed E-state index contributed by atoms with van der Waals surface area (Å²) in [6.45, 7) is 0.395. The minimum atomic E-state index is -0.575. The molecule has 0 radical (unpaired) electrons. The van der Waals surface area contributed by atoms with E-state index in [9.17, 15) is 9.59 Å². The highest BCUT2D eigenvalue weighted by atomic mass is 79.9. The van der Waals surface area contributed by atoms with Gasteiger partial charge in [0, 0.05) is 39.8 Å². The Morgan fingerprint density at radius 3 is 2.31 bits per heavy atom. The van der Waals surface area contributed by atoms with E-state index in [1.165, 1.54) is 6.42 Å². The molecule has 1 atom stereocenters. The molecule has 1 aliphatic carbocycles. The Morgan fingerprint density at radius 1 is 0.923 bits per heavy atom. The van der Waals surface area contributed by atoms with E-state index in [4.69, 9.17) is 11.6 Å². The predicted octanol–water partition coefficient (Wildman–Crippen LogP) is 8.06. The molecule has 1 N–H and O–H groups in total. The van der Waals surface area contributed by atoms with Crippen LogP contribution in [0.15, 0.2) is 88.2 Å². The standard InChI is InChI=1S/C32H36BrClN2O2S/c33-26-15-13-25(14-16-26)23-36(31(37)12-7-21-39-29-19-17-27(34)18-20-29)30(22-24-8-3-1-4-9-24)32(38)35-28-10-5-2-6-11-28/h1,3-4,8-9,13-20,28,30H,2,5-7,10-12,21-23H2,(H,35,38)/t30-/m1/s1. The van der Waals surface area contributed by atoms with Crippen molar-refractivity contribution in [3.63, 3.8) is 0 Å². The van der Waals surface area contributed by atoms with Crippen LogP contribution in [0, 0.1) is 0 Å². The second-order valence-electron chi connectivity index (χ2n) is 10.1. The maximum atomic E-state index is 13.8. The molecule has 0 unspecified atom stereocenters. The lowest BCUT2D eigenvalue weighted by molar-refractivity contribution is -0.141. The number of hydrogen-bond acceptors (Lipinski definition) is 3. The molecule has 0 aromatic heterocycles. The summed E-state index contributed by atoms with van der Waals surface area (Å²) in [4.78, 5) is 30.6. The smallest absolute Gasteiger partial charge is 0.243 e. The molecule has 206 valence electrons. The van der Waals surface area contributed by atoms with Crippen molar-refractivity contribution in [3.8, 4) is 0 Å². The lowest BCUT2D eigenvalue weighted by atomic mass is 9.94. The first-order valence-electron chi connectivity index (χ1n) is 13.7. The van der Waals surface area contributed by atoms with Crippen LogP contribution >= 0.6 is 39.3 Å². The Hall–Kier alpha value is -2.28. The van der Waals surface area contributed by atoms with E-state index in [0.29, 0.717) is 24.4 Å². The zero-order valence-electron chi connectivity index (χ0n) is 22.2. The van der Waals surface area contributed by atoms with Crippen molar-refractivity contribution in [3.05, 3.63) is 99.5 Å². The molecule has 0 saturated heterocycles. The summed E-state index contributed by atoms with van der Waals surface area (Å²) in [7, 11) is 0. The first kappa shape index (κ1) is 29.7. The van der Waals surface area contributed by atoms with Crippen LogP contribution in [-0.2, 0) is 22.6 Å². The Bertz CT molecular complexity index is 1190. The average molecular weight is 628 g/mol. The Kier molecular flexibility index (Phi) is 11.8. The lowest BCUT2D eigenvalue weighted by Gasteiger charge is -2.33. The lowest BCUT2D eigenvalue weighted by Crippen LogP contribution is -2.52. The van der Waals surface area contributed by atoms with E-state index < -0.39 is 6.04 Å². The van der Waals surface area contributed by atoms with Crippen molar-refractivity contribution in [2.75, 3.05) is 5.75 Å². The van der Waals surface area contributed by atoms with Gasteiger partial charge in [0.05, 0.1) is 0 Å². The predicted molar refractivity (Wildman–Crippen MR) is 165 cm³/mol. The number of rotatable bonds is 12. The summed E-state index contributed by atoms with van der Waals surface area (Å²) in [5.74, 6) is 0.776. The summed E-state index contributed by atoms with van der Waals surface area (Å²) in [6.07, 6.45) is 7.12. The van der Waals surface area contributed by atoms with E-state index in [1.807, 2.05) is 78.9 Å². The maximum absolute atomic E-state index is 13.8. The fourth-order valence-electron chi connectivity index (χ4n) is 4.97. The summed E-state index contributed by atoms with van der Waals surface area (Å²) < 4.78 is 0.985. The first-order chi connectivity index (χ1) is 19.0. The van der Waals surface area contributed by atoms with Gasteiger partial charge in [0.15, 0.2) is 0 Å². The molecule has 3 aromatic carbocycles. The summed E-state index contributed by atoms with van der Waals surface area (Å²) in [6, 6.07) is 25.4. The quantitative estimate of drug-likeness (QED) is 0.163. The third-order valence-electron chi connectivity index (χ3n) is 7.11. The van der Waals surface area contributed by atoms with Crippen LogP contribution < -0.4 is 5.32 Å². The monoisotopic (exact) mass is 626 g/mol. The first-order valence-corrected chi connectivity index (χ1v) is 15.9. The normalized spacial score (nSPS) is 14.5. The zero-order chi connectivity index (χ0) is 27.5. The van der Waals surface area contributed by atoms with Gasteiger partial charge in [-0.3, -0.25) is 9.59 Å². The number of halogens is 2. The van der Waals surface area contributed by atoms with E-state index in [1.54, 1.807) is 16.7 Å². The van der Waals surface area contributed by atoms with Crippen LogP contribution in [0.3, 0.4) is 0 Å². The highest BCUT2D eigenvalue weighted by molar-refractivity contribution is 9.10. The van der Waals surface area contributed by atoms with Gasteiger partial charge in [0.25, 0.3) is 0 Å². The number of amides is 2. The number of carbonyl (C=O) groups excluding carboxylic acids is 2. The van der Waals surface area contributed by atoms with Crippen LogP contribution in [0.1, 0.15) is 56.1 Å². The van der Waals surface area contributed by atoms with Crippen molar-refractivity contribution in [2.24, 2.45) is 0 Å². The molecule has 0 aliphatic heterocycles. The van der Waals surface area contributed by atoms with Gasteiger partial charge in [-0.2, -0.15) is 0 Å². The number of nitrogens with one attached hydrogen (secondary N) is 1. The Balaban J connectivity index is 1.51. The largest absolute Gasteiger partial charge is 0.352 e. The van der Waals surface area contributed by atoms with Crippen molar-refractivity contribution in [2.45, 2.75) is 74.9 Å². The molecule has 4 rings (SSSR count). The Morgan fingerprint density at radius 2 is 1.62 bits per heavy atom. The molecular formula is C32H36BrClN2O2S. The molecule has 0 spiro atoms. The van der Waals surface area contributed by atoms with Gasteiger partial charge in [0.2, 0.25) is 11.8 Å². The van der Waals surface area contributed by atoms with E-state index in [2.05, 4.69) is 21.2 Å². The number of carbonyl (C=O) groups is 2. The van der Waals surface area contributed by atoms with Crippen LogP contribution in [0.2, 0.25) is 5.02 Å². The van der Waals surface area contributed by atoms with Crippen molar-refractivity contribution in [1.82, 2.24) is 10.2 Å². The number of nitrogens with zero attached hydrogens (tertiary/aromatic N) is 1. The van der Waals surface area contributed by atoms with Crippen LogP contribution in [-0.4, -0.2) is 34.6 Å². The molecule has 0 heterocycles. The molecule has 3 aromatic rings. The second-order valence-corrected chi connectivity index (χ2v) is 12.6. The van der Waals surface area contributed by atoms with E-state index in [-0.39, 0.29) is 17.9 Å². The second kappa shape index (κ2) is 15.5. The molecule has 1 saturated carbocycles. The summed E-state index contributed by atoms with van der Waals surface area (Å²) in [5, 5.41) is 4.02. The van der Waals surface area contributed by atoms with Crippen LogP contribution in [0.25, 0.3) is 0 Å². The number of thioether (sulfide) groups is 1. The van der Waals surface area contributed by atoms with Crippen molar-refractivity contribution < 1.29 is 9.59 Å². The molecular weight excluding hydrogens is 592 g/mol. The third-order valence-corrected chi connectivity index (χ3v) is 8.99. The highest BCUT2D eigenvalue weighted by Gasteiger charge is 2.31. The average Bonchev–Trinajstić information content (AvgIpc) is 2.96. The molecule has 1 fully saturated rings. The van der Waals surface area contributed by atoms with Crippen molar-refractivity contribution in [1.29, 1.82) is 0 Å². The Labute approximate surface area is 250 Å². The third kappa shape index (κ3) is 9.70. The summed E-state index contributed by atoms with van der Waals surface area (Å²) >= 11 is 11.2. The SMILES string of the molecule is O=C(NC1CCCCC1)[C@@H](Cc1ccccc1)N(Cc1ccc(Br)cc1)C(=O)CCCSc1ccc(Cl)cc1. The van der Waals surface area contributed by atoms with Gasteiger partial charge in [-0.15, -0.1) is 11.8 Å². The van der Waals surface area contributed by atoms with Gasteiger partial charge >= 0.3 is 0 Å². The number of benzene rings is 3. The zero-order valence-corrected chi connectivity index (χ0v) is 25.3. The molecule has 39 heavy (non-hydrogen) atoms. The van der Waals surface area contributed by atoms with Gasteiger partial charge in [-0.1, -0.05) is 89.3 Å². The minimum Gasteiger partial charge on any atom is -0.352 e. The van der Waals surface area contributed by atoms with Gasteiger partial charge in [0.1, 0.15) is 6.04 Å². The fourth-order valence-corrected chi connectivity index (χ4v) is 6.22. The van der Waals surface area contributed by atoms with Gasteiger partial charge < -0.3 is 10.2 Å². The molecule has 1 aliphatic rings. The summed E-state index contributed by atoms with van der Waals surface area (Å²) in [5.41, 5.74) is 2.05. The molecule has 0 bridgehead atoms. The number of hydrogen-bond donors (Lipinski definition) is 1. The molecule has 2 amide bonds. The molecule has 4 nitrogen and oxygen atoms in total. The molecule has 7 heteroatoms. The van der Waals surface area contributed by atoms with Gasteiger partial charge in [-0.05, 0) is 72.5 Å². The van der Waals surface area contributed by atoms with E-state index in [0.717, 1.165) is 58.4 Å². The van der Waals surface area contributed by atoms with Gasteiger partial charge in [-0.25, -0.2) is 0 Å². The topological polar surface area (TPSA) is 49.4 Å². The van der Waals surface area contributed by atoms with Crippen molar-refractivity contribution >= 4 is 51.1 Å². The van der Waals surface area contributed by atoms with E-state index >= 15 is 0 Å². The van der Waals surface area contributed by atoms with Crippen LogP contribution in [0.4, 0.5) is 0 Å². The highest BCUT2D eigenvalue weighted by Crippen LogP contribution is 2.24.